The number of H-pyrrole nitrogens is 1. The van der Waals surface area contributed by atoms with E-state index in [4.69, 9.17) is 16.2 Å². The van der Waals surface area contributed by atoms with Crippen LogP contribution in [-0.4, -0.2) is 32.1 Å². The van der Waals surface area contributed by atoms with Crippen LogP contribution in [0.15, 0.2) is 48.5 Å². The molecule has 0 fully saturated rings. The van der Waals surface area contributed by atoms with E-state index in [1.807, 2.05) is 48.5 Å². The lowest BCUT2D eigenvalue weighted by molar-refractivity contribution is -0.137. The summed E-state index contributed by atoms with van der Waals surface area (Å²) in [7, 11) is 0. The minimum atomic E-state index is -0.863. The summed E-state index contributed by atoms with van der Waals surface area (Å²) < 4.78 is 0. The van der Waals surface area contributed by atoms with E-state index in [-0.39, 0.29) is 12.3 Å². The molecule has 126 valence electrons. The molecule has 3 aromatic rings. The number of carboxylic acid groups (broad SMARTS) is 1. The fraction of sp³-hybridized carbons (Fsp3) is 0.111. The zero-order chi connectivity index (χ0) is 17.8. The molecule has 0 amide bonds. The van der Waals surface area contributed by atoms with Gasteiger partial charge in [0.05, 0.1) is 6.42 Å². The van der Waals surface area contributed by atoms with Crippen molar-refractivity contribution in [2.24, 2.45) is 5.73 Å². The third-order valence-corrected chi connectivity index (χ3v) is 3.78. The molecule has 1 aromatic heterocycles. The second-order valence-electron chi connectivity index (χ2n) is 5.57. The smallest absolute Gasteiger partial charge is 0.303 e. The molecule has 5 N–H and O–H groups in total. The topological polar surface area (TPSA) is 129 Å². The Bertz CT molecular complexity index is 898. The summed E-state index contributed by atoms with van der Waals surface area (Å²) in [5.74, 6) is 0.281. The average Bonchev–Trinajstić information content (AvgIpc) is 3.09. The summed E-state index contributed by atoms with van der Waals surface area (Å²) in [6.07, 6.45) is 0.340. The van der Waals surface area contributed by atoms with E-state index in [1.165, 1.54) is 0 Å². The van der Waals surface area contributed by atoms with E-state index in [0.29, 0.717) is 23.6 Å². The number of amidine groups is 1. The van der Waals surface area contributed by atoms with Crippen molar-refractivity contribution in [1.29, 1.82) is 5.41 Å². The maximum atomic E-state index is 10.6. The van der Waals surface area contributed by atoms with Gasteiger partial charge in [0.1, 0.15) is 11.7 Å². The molecule has 7 heteroatoms. The third kappa shape index (κ3) is 3.89. The molecule has 7 nitrogen and oxygen atoms in total. The van der Waals surface area contributed by atoms with Crippen molar-refractivity contribution in [2.75, 3.05) is 0 Å². The lowest BCUT2D eigenvalue weighted by Crippen LogP contribution is -2.10. The van der Waals surface area contributed by atoms with E-state index in [0.717, 1.165) is 16.7 Å². The lowest BCUT2D eigenvalue weighted by atomic mass is 10.0. The van der Waals surface area contributed by atoms with Crippen molar-refractivity contribution in [2.45, 2.75) is 12.8 Å². The van der Waals surface area contributed by atoms with Crippen molar-refractivity contribution < 1.29 is 9.90 Å². The number of benzene rings is 2. The number of nitrogens with one attached hydrogen (secondary N) is 2. The fourth-order valence-electron chi connectivity index (χ4n) is 2.42. The van der Waals surface area contributed by atoms with Gasteiger partial charge in [0.2, 0.25) is 0 Å². The lowest BCUT2D eigenvalue weighted by Gasteiger charge is -2.04. The standard InChI is InChI=1S/C18H17N5O2/c19-17(20)13-5-1-11(2-6-13)12-3-7-14(8-4-12)18-21-15(22-23-18)9-10-16(24)25/h1-8H,9-10H2,(H3,19,20)(H,24,25)(H,21,22,23). The molecule has 0 aliphatic carbocycles. The Morgan fingerprint density at radius 3 is 2.16 bits per heavy atom. The number of hydrogen-bond acceptors (Lipinski definition) is 4. The van der Waals surface area contributed by atoms with Crippen LogP contribution in [0.5, 0.6) is 0 Å². The van der Waals surface area contributed by atoms with Gasteiger partial charge in [-0.1, -0.05) is 48.5 Å². The minimum Gasteiger partial charge on any atom is -0.481 e. The van der Waals surface area contributed by atoms with Crippen LogP contribution in [-0.2, 0) is 11.2 Å². The molecule has 0 atom stereocenters. The summed E-state index contributed by atoms with van der Waals surface area (Å²) in [5, 5.41) is 23.0. The maximum Gasteiger partial charge on any atom is 0.303 e. The number of rotatable bonds is 6. The van der Waals surface area contributed by atoms with Gasteiger partial charge >= 0.3 is 5.97 Å². The number of aromatic amines is 1. The third-order valence-electron chi connectivity index (χ3n) is 3.78. The fourth-order valence-corrected chi connectivity index (χ4v) is 2.42. The van der Waals surface area contributed by atoms with E-state index < -0.39 is 5.97 Å². The number of carbonyl (C=O) groups is 1. The van der Waals surface area contributed by atoms with Crippen LogP contribution < -0.4 is 5.73 Å². The van der Waals surface area contributed by atoms with Crippen LogP contribution in [0.1, 0.15) is 17.8 Å². The van der Waals surface area contributed by atoms with E-state index >= 15 is 0 Å². The second-order valence-corrected chi connectivity index (χ2v) is 5.57. The highest BCUT2D eigenvalue weighted by Crippen LogP contribution is 2.23. The van der Waals surface area contributed by atoms with Gasteiger partial charge in [-0.3, -0.25) is 15.3 Å². The predicted octanol–water partition coefficient (Wildman–Crippen LogP) is 2.44. The summed E-state index contributed by atoms with van der Waals surface area (Å²) in [6, 6.07) is 15.2. The van der Waals surface area contributed by atoms with Gasteiger partial charge < -0.3 is 10.8 Å². The summed E-state index contributed by atoms with van der Waals surface area (Å²) in [5.41, 5.74) is 9.05. The van der Waals surface area contributed by atoms with Crippen LogP contribution in [0.4, 0.5) is 0 Å². The molecular weight excluding hydrogens is 318 g/mol. The number of aryl methyl sites for hydroxylation is 1. The minimum absolute atomic E-state index is 0.0177. The molecule has 3 rings (SSSR count). The van der Waals surface area contributed by atoms with Crippen molar-refractivity contribution in [3.05, 3.63) is 59.9 Å². The molecule has 0 saturated carbocycles. The largest absolute Gasteiger partial charge is 0.481 e. The summed E-state index contributed by atoms with van der Waals surface area (Å²) in [4.78, 5) is 14.9. The number of aromatic nitrogens is 3. The normalized spacial score (nSPS) is 10.6. The number of carboxylic acids is 1. The number of nitrogen functional groups attached to an aromatic ring is 1. The molecule has 0 unspecified atom stereocenters. The highest BCUT2D eigenvalue weighted by molar-refractivity contribution is 5.95. The molecule has 0 saturated heterocycles. The summed E-state index contributed by atoms with van der Waals surface area (Å²) in [6.45, 7) is 0. The summed E-state index contributed by atoms with van der Waals surface area (Å²) >= 11 is 0. The average molecular weight is 335 g/mol. The van der Waals surface area contributed by atoms with Gasteiger partial charge in [-0.15, -0.1) is 0 Å². The Morgan fingerprint density at radius 2 is 1.60 bits per heavy atom. The number of nitrogens with two attached hydrogens (primary N) is 1. The van der Waals surface area contributed by atoms with Crippen molar-refractivity contribution in [3.63, 3.8) is 0 Å². The number of nitrogens with zero attached hydrogens (tertiary/aromatic N) is 2. The van der Waals surface area contributed by atoms with Gasteiger partial charge in [0.15, 0.2) is 5.82 Å². The Labute approximate surface area is 144 Å². The highest BCUT2D eigenvalue weighted by Gasteiger charge is 2.08. The highest BCUT2D eigenvalue weighted by atomic mass is 16.4. The van der Waals surface area contributed by atoms with Crippen LogP contribution in [0.25, 0.3) is 22.5 Å². The Balaban J connectivity index is 1.76. The molecule has 0 aliphatic rings. The quantitative estimate of drug-likeness (QED) is 0.406. The molecule has 0 aliphatic heterocycles. The first kappa shape index (κ1) is 16.4. The first-order chi connectivity index (χ1) is 12.0. The molecule has 25 heavy (non-hydrogen) atoms. The van der Waals surface area contributed by atoms with Crippen LogP contribution in [0, 0.1) is 5.41 Å². The van der Waals surface area contributed by atoms with E-state index in [2.05, 4.69) is 15.2 Å². The monoisotopic (exact) mass is 335 g/mol. The molecule has 1 heterocycles. The Kier molecular flexibility index (Phi) is 4.56. The molecule has 0 radical (unpaired) electrons. The van der Waals surface area contributed by atoms with E-state index in [1.54, 1.807) is 0 Å². The van der Waals surface area contributed by atoms with Crippen molar-refractivity contribution in [3.8, 4) is 22.5 Å². The van der Waals surface area contributed by atoms with Gasteiger partial charge in [0, 0.05) is 17.5 Å². The van der Waals surface area contributed by atoms with E-state index in [9.17, 15) is 4.79 Å². The Morgan fingerprint density at radius 1 is 1.04 bits per heavy atom. The van der Waals surface area contributed by atoms with Crippen molar-refractivity contribution >= 4 is 11.8 Å². The van der Waals surface area contributed by atoms with Crippen molar-refractivity contribution in [1.82, 2.24) is 15.2 Å². The number of aliphatic carboxylic acids is 1. The molecule has 0 spiro atoms. The molecule has 2 aromatic carbocycles. The van der Waals surface area contributed by atoms with Crippen LogP contribution in [0.2, 0.25) is 0 Å². The first-order valence-electron chi connectivity index (χ1n) is 7.71. The van der Waals surface area contributed by atoms with Gasteiger partial charge in [0.25, 0.3) is 0 Å². The van der Waals surface area contributed by atoms with Crippen LogP contribution in [0.3, 0.4) is 0 Å². The molecule has 0 bridgehead atoms. The predicted molar refractivity (Wildman–Crippen MR) is 94.2 cm³/mol. The zero-order valence-corrected chi connectivity index (χ0v) is 13.4. The Hall–Kier alpha value is -3.48. The first-order valence-corrected chi connectivity index (χ1v) is 7.71. The van der Waals surface area contributed by atoms with Gasteiger partial charge in [-0.2, -0.15) is 5.10 Å². The van der Waals surface area contributed by atoms with Gasteiger partial charge in [-0.05, 0) is 11.1 Å². The SMILES string of the molecule is N=C(N)c1ccc(-c2ccc(-c3n[nH]c(CCC(=O)O)n3)cc2)cc1. The number of hydrogen-bond donors (Lipinski definition) is 4. The zero-order valence-electron chi connectivity index (χ0n) is 13.4. The maximum absolute atomic E-state index is 10.6. The van der Waals surface area contributed by atoms with Gasteiger partial charge in [-0.25, -0.2) is 4.98 Å². The second kappa shape index (κ2) is 6.96. The molecular formula is C18H17N5O2. The van der Waals surface area contributed by atoms with Crippen LogP contribution >= 0.6 is 0 Å².